The van der Waals surface area contributed by atoms with Crippen LogP contribution in [0, 0.1) is 12.8 Å². The van der Waals surface area contributed by atoms with Gasteiger partial charge in [0, 0.05) is 42.0 Å². The van der Waals surface area contributed by atoms with Crippen LogP contribution in [0.15, 0.2) is 22.9 Å². The number of likely N-dealkylation sites (tertiary alicyclic amines) is 1. The molecule has 3 heterocycles. The first-order valence-corrected chi connectivity index (χ1v) is 10.0. The number of nitrogens with one attached hydrogen (secondary N) is 1. The van der Waals surface area contributed by atoms with E-state index in [0.29, 0.717) is 19.6 Å². The molecule has 0 aromatic carbocycles. The van der Waals surface area contributed by atoms with Crippen molar-refractivity contribution < 1.29 is 9.90 Å². The molecule has 0 aliphatic carbocycles. The monoisotopic (exact) mass is 365 g/mol. The molecule has 1 unspecified atom stereocenters. The molecule has 130 valence electrons. The number of aliphatic hydroxyl groups is 1. The lowest BCUT2D eigenvalue weighted by molar-refractivity contribution is 0.0690. The van der Waals surface area contributed by atoms with E-state index in [0.717, 1.165) is 34.8 Å². The normalized spacial score (nSPS) is 17.0. The van der Waals surface area contributed by atoms with Gasteiger partial charge in [-0.15, -0.1) is 22.7 Å². The Morgan fingerprint density at radius 3 is 2.88 bits per heavy atom. The Labute approximate surface area is 150 Å². The number of carbonyl (C=O) groups is 1. The summed E-state index contributed by atoms with van der Waals surface area (Å²) in [6.45, 7) is 4.00. The van der Waals surface area contributed by atoms with Gasteiger partial charge in [0.2, 0.25) is 0 Å². The third-order valence-electron chi connectivity index (χ3n) is 4.39. The molecule has 2 N–H and O–H groups in total. The summed E-state index contributed by atoms with van der Waals surface area (Å²) in [6, 6.07) is 3.94. The van der Waals surface area contributed by atoms with E-state index in [4.69, 9.17) is 0 Å². The quantitative estimate of drug-likeness (QED) is 0.855. The van der Waals surface area contributed by atoms with Gasteiger partial charge in [0.25, 0.3) is 0 Å². The fourth-order valence-corrected chi connectivity index (χ4v) is 4.60. The summed E-state index contributed by atoms with van der Waals surface area (Å²) in [6.07, 6.45) is 2.07. The number of hydrogen-bond donors (Lipinski definition) is 2. The summed E-state index contributed by atoms with van der Waals surface area (Å²) in [4.78, 5) is 19.5. The van der Waals surface area contributed by atoms with Crippen LogP contribution in [0.2, 0.25) is 0 Å². The molecular weight excluding hydrogens is 342 g/mol. The molecule has 3 rings (SSSR count). The molecule has 2 aromatic rings. The van der Waals surface area contributed by atoms with Gasteiger partial charge in [0.15, 0.2) is 0 Å². The summed E-state index contributed by atoms with van der Waals surface area (Å²) < 4.78 is 0. The third kappa shape index (κ3) is 4.34. The molecule has 0 radical (unpaired) electrons. The lowest BCUT2D eigenvalue weighted by Gasteiger charge is -2.34. The first-order valence-electron chi connectivity index (χ1n) is 8.28. The smallest absolute Gasteiger partial charge is 0.317 e. The van der Waals surface area contributed by atoms with E-state index >= 15 is 0 Å². The van der Waals surface area contributed by atoms with Crippen molar-refractivity contribution in [1.29, 1.82) is 0 Å². The average Bonchev–Trinajstić information content (AvgIpc) is 3.26. The van der Waals surface area contributed by atoms with Crippen LogP contribution in [0.5, 0.6) is 0 Å². The Balaban J connectivity index is 1.40. The van der Waals surface area contributed by atoms with E-state index in [2.05, 4.69) is 10.3 Å². The van der Waals surface area contributed by atoms with E-state index in [-0.39, 0.29) is 11.9 Å². The van der Waals surface area contributed by atoms with Crippen LogP contribution in [0.4, 0.5) is 4.79 Å². The highest BCUT2D eigenvalue weighted by Gasteiger charge is 2.28. The maximum atomic E-state index is 12.2. The lowest BCUT2D eigenvalue weighted by Crippen LogP contribution is -2.45. The van der Waals surface area contributed by atoms with Crippen LogP contribution in [0.1, 0.15) is 34.5 Å². The minimum atomic E-state index is -0.400. The summed E-state index contributed by atoms with van der Waals surface area (Å²) in [7, 11) is 0. The number of rotatable bonds is 5. The third-order valence-corrected chi connectivity index (χ3v) is 6.36. The molecule has 5 nitrogen and oxygen atoms in total. The minimum Gasteiger partial charge on any atom is -0.387 e. The van der Waals surface area contributed by atoms with Gasteiger partial charge in [-0.25, -0.2) is 9.78 Å². The molecule has 24 heavy (non-hydrogen) atoms. The number of piperidine rings is 1. The molecule has 0 spiro atoms. The van der Waals surface area contributed by atoms with Crippen molar-refractivity contribution in [1.82, 2.24) is 15.2 Å². The van der Waals surface area contributed by atoms with Crippen molar-refractivity contribution in [3.05, 3.63) is 38.5 Å². The standard InChI is InChI=1S/C17H23N3O2S2/c1-12-11-24-15(19-12)4-7-18-17(22)20-8-5-13(6-9-20)16(21)14-3-2-10-23-14/h2-3,10-11,13,16,21H,4-9H2,1H3,(H,18,22). The second kappa shape index (κ2) is 8.09. The van der Waals surface area contributed by atoms with E-state index in [1.807, 2.05) is 34.7 Å². The van der Waals surface area contributed by atoms with Crippen molar-refractivity contribution in [3.8, 4) is 0 Å². The first kappa shape index (κ1) is 17.4. The molecule has 1 aliphatic heterocycles. The van der Waals surface area contributed by atoms with Gasteiger partial charge in [-0.3, -0.25) is 0 Å². The number of urea groups is 1. The summed E-state index contributed by atoms with van der Waals surface area (Å²) in [5, 5.41) is 18.5. The Kier molecular flexibility index (Phi) is 5.86. The number of thiophene rings is 1. The van der Waals surface area contributed by atoms with Crippen molar-refractivity contribution in [2.45, 2.75) is 32.3 Å². The highest BCUT2D eigenvalue weighted by atomic mass is 32.1. The Morgan fingerprint density at radius 1 is 1.46 bits per heavy atom. The number of aryl methyl sites for hydroxylation is 1. The van der Waals surface area contributed by atoms with Gasteiger partial charge < -0.3 is 15.3 Å². The van der Waals surface area contributed by atoms with Crippen molar-refractivity contribution in [3.63, 3.8) is 0 Å². The van der Waals surface area contributed by atoms with Crippen molar-refractivity contribution >= 4 is 28.7 Å². The second-order valence-electron chi connectivity index (χ2n) is 6.15. The van der Waals surface area contributed by atoms with Gasteiger partial charge in [-0.1, -0.05) is 6.07 Å². The van der Waals surface area contributed by atoms with Gasteiger partial charge in [0.1, 0.15) is 0 Å². The zero-order valence-electron chi connectivity index (χ0n) is 13.8. The Hall–Kier alpha value is -1.44. The molecule has 0 bridgehead atoms. The summed E-state index contributed by atoms with van der Waals surface area (Å²) in [5.41, 5.74) is 1.03. The zero-order valence-corrected chi connectivity index (χ0v) is 15.4. The number of amides is 2. The number of hydrogen-bond acceptors (Lipinski definition) is 5. The molecule has 2 aromatic heterocycles. The molecule has 1 atom stereocenters. The van der Waals surface area contributed by atoms with Gasteiger partial charge in [0.05, 0.1) is 11.1 Å². The van der Waals surface area contributed by atoms with Gasteiger partial charge >= 0.3 is 6.03 Å². The second-order valence-corrected chi connectivity index (χ2v) is 8.07. The molecule has 7 heteroatoms. The molecule has 1 aliphatic rings. The van der Waals surface area contributed by atoms with E-state index in [1.165, 1.54) is 0 Å². The van der Waals surface area contributed by atoms with Gasteiger partial charge in [-0.05, 0) is 37.1 Å². The Bertz CT molecular complexity index is 649. The number of carbonyl (C=O) groups excluding carboxylic acids is 1. The highest BCUT2D eigenvalue weighted by molar-refractivity contribution is 7.10. The predicted octanol–water partition coefficient (Wildman–Crippen LogP) is 3.21. The maximum Gasteiger partial charge on any atom is 0.317 e. The van der Waals surface area contributed by atoms with Crippen LogP contribution in [0.25, 0.3) is 0 Å². The zero-order chi connectivity index (χ0) is 16.9. The lowest BCUT2D eigenvalue weighted by atomic mass is 9.90. The van der Waals surface area contributed by atoms with Crippen LogP contribution < -0.4 is 5.32 Å². The minimum absolute atomic E-state index is 0.00709. The topological polar surface area (TPSA) is 65.5 Å². The molecule has 1 fully saturated rings. The molecule has 0 saturated carbocycles. The van der Waals surface area contributed by atoms with Crippen LogP contribution in [-0.4, -0.2) is 40.7 Å². The molecule has 2 amide bonds. The number of thiazole rings is 1. The summed E-state index contributed by atoms with van der Waals surface area (Å²) in [5.74, 6) is 0.242. The van der Waals surface area contributed by atoms with E-state index in [1.54, 1.807) is 22.7 Å². The molecular formula is C17H23N3O2S2. The fraction of sp³-hybridized carbons (Fsp3) is 0.529. The van der Waals surface area contributed by atoms with E-state index in [9.17, 15) is 9.90 Å². The van der Waals surface area contributed by atoms with Gasteiger partial charge in [-0.2, -0.15) is 0 Å². The SMILES string of the molecule is Cc1csc(CCNC(=O)N2CCC(C(O)c3cccs3)CC2)n1. The Morgan fingerprint density at radius 2 is 2.25 bits per heavy atom. The molecule has 1 saturated heterocycles. The highest BCUT2D eigenvalue weighted by Crippen LogP contribution is 2.32. The average molecular weight is 366 g/mol. The predicted molar refractivity (Wildman–Crippen MR) is 97.5 cm³/mol. The first-order chi connectivity index (χ1) is 11.6. The fourth-order valence-electron chi connectivity index (χ4n) is 3.02. The van der Waals surface area contributed by atoms with Crippen LogP contribution >= 0.6 is 22.7 Å². The van der Waals surface area contributed by atoms with Crippen LogP contribution in [0.3, 0.4) is 0 Å². The number of aromatic nitrogens is 1. The van der Waals surface area contributed by atoms with Crippen LogP contribution in [-0.2, 0) is 6.42 Å². The number of nitrogens with zero attached hydrogens (tertiary/aromatic N) is 2. The summed E-state index contributed by atoms with van der Waals surface area (Å²) >= 11 is 3.23. The maximum absolute atomic E-state index is 12.2. The largest absolute Gasteiger partial charge is 0.387 e. The van der Waals surface area contributed by atoms with Crippen molar-refractivity contribution in [2.24, 2.45) is 5.92 Å². The van der Waals surface area contributed by atoms with Crippen molar-refractivity contribution in [2.75, 3.05) is 19.6 Å². The number of aliphatic hydroxyl groups excluding tert-OH is 1. The van der Waals surface area contributed by atoms with E-state index < -0.39 is 6.10 Å².